The Morgan fingerprint density at radius 2 is 2.16 bits per heavy atom. The minimum atomic E-state index is -0.623. The van der Waals surface area contributed by atoms with E-state index in [1.54, 1.807) is 13.1 Å². The Bertz CT molecular complexity index is 749. The zero-order valence-corrected chi connectivity index (χ0v) is 15.0. The summed E-state index contributed by atoms with van der Waals surface area (Å²) >= 11 is 0. The van der Waals surface area contributed by atoms with E-state index in [0.717, 1.165) is 17.8 Å². The van der Waals surface area contributed by atoms with Crippen molar-refractivity contribution in [3.8, 4) is 0 Å². The van der Waals surface area contributed by atoms with Gasteiger partial charge in [-0.25, -0.2) is 4.98 Å². The lowest BCUT2D eigenvalue weighted by atomic mass is 9.67. The van der Waals surface area contributed by atoms with Gasteiger partial charge >= 0.3 is 5.97 Å². The molecule has 2 N–H and O–H groups in total. The van der Waals surface area contributed by atoms with Crippen molar-refractivity contribution in [3.05, 3.63) is 53.6 Å². The van der Waals surface area contributed by atoms with Crippen LogP contribution < -0.4 is 10.3 Å². The smallest absolute Gasteiger partial charge is 0.316 e. The Labute approximate surface area is 148 Å². The SMILES string of the molecule is C=C1NC2=C(C(=O)CC(C)(C)C2)C(c2cccc[nH+]2)C1C(=O)OCC. The maximum atomic E-state index is 13.0. The number of pyridine rings is 1. The van der Waals surface area contributed by atoms with E-state index >= 15 is 0 Å². The number of rotatable bonds is 3. The van der Waals surface area contributed by atoms with Crippen molar-refractivity contribution in [1.82, 2.24) is 5.32 Å². The van der Waals surface area contributed by atoms with Gasteiger partial charge in [-0.3, -0.25) is 9.59 Å². The molecular weight excluding hydrogens is 316 g/mol. The van der Waals surface area contributed by atoms with Crippen LogP contribution in [0.3, 0.4) is 0 Å². The highest BCUT2D eigenvalue weighted by molar-refractivity contribution is 6.00. The molecule has 0 saturated carbocycles. The maximum Gasteiger partial charge on any atom is 0.316 e. The fraction of sp³-hybridized carbons (Fsp3) is 0.450. The lowest BCUT2D eigenvalue weighted by Crippen LogP contribution is -2.45. The first-order valence-electron chi connectivity index (χ1n) is 8.69. The van der Waals surface area contributed by atoms with Crippen LogP contribution in [0.2, 0.25) is 0 Å². The molecular formula is C20H25N2O3+. The second-order valence-electron chi connectivity index (χ2n) is 7.51. The minimum Gasteiger partial charge on any atom is -0.465 e. The van der Waals surface area contributed by atoms with Gasteiger partial charge in [0, 0.05) is 35.5 Å². The van der Waals surface area contributed by atoms with Gasteiger partial charge in [0.2, 0.25) is 0 Å². The summed E-state index contributed by atoms with van der Waals surface area (Å²) in [5.74, 6) is -1.29. The van der Waals surface area contributed by atoms with E-state index in [0.29, 0.717) is 24.3 Å². The van der Waals surface area contributed by atoms with E-state index in [9.17, 15) is 9.59 Å². The predicted molar refractivity (Wildman–Crippen MR) is 93.2 cm³/mol. The number of hydrogen-bond acceptors (Lipinski definition) is 4. The van der Waals surface area contributed by atoms with Gasteiger partial charge in [-0.05, 0) is 18.8 Å². The van der Waals surface area contributed by atoms with Crippen LogP contribution in [0, 0.1) is 11.3 Å². The van der Waals surface area contributed by atoms with Crippen LogP contribution in [-0.2, 0) is 14.3 Å². The molecule has 2 atom stereocenters. The minimum absolute atomic E-state index is 0.0859. The number of ketones is 1. The first kappa shape index (κ1) is 17.4. The molecule has 1 aliphatic heterocycles. The van der Waals surface area contributed by atoms with Gasteiger partial charge in [-0.15, -0.1) is 0 Å². The topological polar surface area (TPSA) is 69.5 Å². The van der Waals surface area contributed by atoms with Gasteiger partial charge in [0.15, 0.2) is 17.7 Å². The highest BCUT2D eigenvalue weighted by atomic mass is 16.5. The highest BCUT2D eigenvalue weighted by Crippen LogP contribution is 2.47. The van der Waals surface area contributed by atoms with Crippen molar-refractivity contribution in [2.45, 2.75) is 39.5 Å². The monoisotopic (exact) mass is 341 g/mol. The number of esters is 1. The Morgan fingerprint density at radius 1 is 1.40 bits per heavy atom. The number of H-pyrrole nitrogens is 1. The van der Waals surface area contributed by atoms with Crippen molar-refractivity contribution in [2.75, 3.05) is 6.61 Å². The third-order valence-corrected chi connectivity index (χ3v) is 4.86. The molecule has 2 aliphatic rings. The molecule has 0 saturated heterocycles. The van der Waals surface area contributed by atoms with Crippen molar-refractivity contribution in [1.29, 1.82) is 0 Å². The summed E-state index contributed by atoms with van der Waals surface area (Å²) in [5.41, 5.74) is 2.88. The van der Waals surface area contributed by atoms with Gasteiger partial charge in [-0.1, -0.05) is 26.5 Å². The van der Waals surface area contributed by atoms with Crippen LogP contribution in [0.25, 0.3) is 0 Å². The molecule has 0 fully saturated rings. The van der Waals surface area contributed by atoms with Crippen LogP contribution in [0.5, 0.6) is 0 Å². The number of carbonyl (C=O) groups is 2. The molecule has 1 aromatic heterocycles. The number of carbonyl (C=O) groups excluding carboxylic acids is 2. The lowest BCUT2D eigenvalue weighted by molar-refractivity contribution is -0.392. The lowest BCUT2D eigenvalue weighted by Gasteiger charge is -2.40. The average Bonchev–Trinajstić information content (AvgIpc) is 2.53. The molecule has 0 aromatic carbocycles. The van der Waals surface area contributed by atoms with Crippen molar-refractivity contribution < 1.29 is 19.3 Å². The van der Waals surface area contributed by atoms with Crippen molar-refractivity contribution >= 4 is 11.8 Å². The van der Waals surface area contributed by atoms with E-state index in [1.165, 1.54) is 0 Å². The number of hydrogen-bond donors (Lipinski definition) is 1. The van der Waals surface area contributed by atoms with Gasteiger partial charge in [0.25, 0.3) is 0 Å². The number of Topliss-reactive ketones (excluding diaryl/α,β-unsaturated/α-hetero) is 1. The molecule has 0 spiro atoms. The molecule has 0 amide bonds. The van der Waals surface area contributed by atoms with Gasteiger partial charge in [-0.2, -0.15) is 0 Å². The fourth-order valence-electron chi connectivity index (χ4n) is 3.89. The zero-order valence-electron chi connectivity index (χ0n) is 15.0. The Balaban J connectivity index is 2.14. The van der Waals surface area contributed by atoms with Gasteiger partial charge < -0.3 is 10.1 Å². The van der Waals surface area contributed by atoms with Gasteiger partial charge in [0.05, 0.1) is 12.5 Å². The second kappa shape index (κ2) is 6.47. The summed E-state index contributed by atoms with van der Waals surface area (Å²) in [7, 11) is 0. The van der Waals surface area contributed by atoms with Crippen LogP contribution in [0.15, 0.2) is 47.9 Å². The number of allylic oxidation sites excluding steroid dienone is 2. The fourth-order valence-corrected chi connectivity index (χ4v) is 3.89. The third-order valence-electron chi connectivity index (χ3n) is 4.86. The molecule has 2 unspecified atom stereocenters. The second-order valence-corrected chi connectivity index (χ2v) is 7.51. The largest absolute Gasteiger partial charge is 0.465 e. The Kier molecular flexibility index (Phi) is 4.50. The standard InChI is InChI=1S/C20H24N2O3/c1-5-25-19(24)16-12(2)22-14-10-20(3,4)11-15(23)17(14)18(16)13-8-6-7-9-21-13/h6-9,16,18,22H,2,5,10-11H2,1,3-4H3/p+1. The molecule has 5 heteroatoms. The van der Waals surface area contributed by atoms with E-state index in [-0.39, 0.29) is 17.2 Å². The Morgan fingerprint density at radius 3 is 2.80 bits per heavy atom. The van der Waals surface area contributed by atoms with E-state index < -0.39 is 11.8 Å². The van der Waals surface area contributed by atoms with Gasteiger partial charge in [0.1, 0.15) is 5.92 Å². The summed E-state index contributed by atoms with van der Waals surface area (Å²) in [6.45, 7) is 10.3. The first-order valence-corrected chi connectivity index (χ1v) is 8.69. The molecule has 3 rings (SSSR count). The summed E-state index contributed by atoms with van der Waals surface area (Å²) < 4.78 is 5.27. The first-order chi connectivity index (χ1) is 11.8. The highest BCUT2D eigenvalue weighted by Gasteiger charge is 2.48. The molecule has 25 heavy (non-hydrogen) atoms. The number of aromatic nitrogens is 1. The van der Waals surface area contributed by atoms with Crippen molar-refractivity contribution in [2.24, 2.45) is 11.3 Å². The van der Waals surface area contributed by atoms with E-state index in [1.807, 2.05) is 18.2 Å². The van der Waals surface area contributed by atoms with Crippen LogP contribution in [0.1, 0.15) is 45.2 Å². The summed E-state index contributed by atoms with van der Waals surface area (Å²) in [6, 6.07) is 5.68. The number of nitrogens with one attached hydrogen (secondary N) is 2. The van der Waals surface area contributed by atoms with Crippen molar-refractivity contribution in [3.63, 3.8) is 0 Å². The third kappa shape index (κ3) is 3.23. The molecule has 1 aromatic rings. The van der Waals surface area contributed by atoms with E-state index in [4.69, 9.17) is 4.74 Å². The zero-order chi connectivity index (χ0) is 18.2. The van der Waals surface area contributed by atoms with Crippen LogP contribution in [0.4, 0.5) is 0 Å². The molecule has 132 valence electrons. The molecule has 1 aliphatic carbocycles. The van der Waals surface area contributed by atoms with Crippen LogP contribution >= 0.6 is 0 Å². The average molecular weight is 341 g/mol. The number of ether oxygens (including phenoxy) is 1. The molecule has 0 bridgehead atoms. The van der Waals surface area contributed by atoms with E-state index in [2.05, 4.69) is 30.7 Å². The summed E-state index contributed by atoms with van der Waals surface area (Å²) in [5, 5.41) is 3.24. The number of aromatic amines is 1. The maximum absolute atomic E-state index is 13.0. The molecule has 2 heterocycles. The predicted octanol–water partition coefficient (Wildman–Crippen LogP) is 2.52. The normalized spacial score (nSPS) is 25.2. The molecule has 5 nitrogen and oxygen atoms in total. The summed E-state index contributed by atoms with van der Waals surface area (Å²) in [4.78, 5) is 28.8. The molecule has 0 radical (unpaired) electrons. The Hall–Kier alpha value is -2.43. The summed E-state index contributed by atoms with van der Waals surface area (Å²) in [6.07, 6.45) is 3.03. The van der Waals surface area contributed by atoms with Crippen LogP contribution in [-0.4, -0.2) is 18.4 Å². The quantitative estimate of drug-likeness (QED) is 0.858.